The van der Waals surface area contributed by atoms with Crippen LogP contribution in [0.5, 0.6) is 0 Å². The average Bonchev–Trinajstić information content (AvgIpc) is 3.66. The molecule has 2 fully saturated rings. The molecule has 3 aromatic heterocycles. The summed E-state index contributed by atoms with van der Waals surface area (Å²) in [5.74, 6) is 1.75. The van der Waals surface area contributed by atoms with Crippen LogP contribution in [0.1, 0.15) is 25.7 Å². The SMILES string of the molecule is Clc1c(Nc2ccccc2)nc(-[n+]2ccc(N3CCCC3)cc2)nc1-[n+]1ccc(N2CCCC2)cc1. The van der Waals surface area contributed by atoms with Crippen molar-refractivity contribution in [1.82, 2.24) is 9.97 Å². The number of pyridine rings is 2. The number of halogens is 1. The lowest BCUT2D eigenvalue weighted by atomic mass is 10.3. The zero-order valence-electron chi connectivity index (χ0n) is 20.2. The Hall–Kier alpha value is -3.71. The van der Waals surface area contributed by atoms with Gasteiger partial charge in [0.1, 0.15) is 0 Å². The summed E-state index contributed by atoms with van der Waals surface area (Å²) in [5.41, 5.74) is 3.37. The predicted molar refractivity (Wildman–Crippen MR) is 143 cm³/mol. The molecule has 0 unspecified atom stereocenters. The zero-order valence-corrected chi connectivity index (χ0v) is 21.0. The van der Waals surface area contributed by atoms with Crippen LogP contribution < -0.4 is 24.3 Å². The van der Waals surface area contributed by atoms with E-state index in [4.69, 9.17) is 21.6 Å². The third-order valence-electron chi connectivity index (χ3n) is 6.90. The van der Waals surface area contributed by atoms with Gasteiger partial charge in [0.2, 0.25) is 5.82 Å². The van der Waals surface area contributed by atoms with E-state index >= 15 is 0 Å². The normalized spacial score (nSPS) is 15.5. The van der Waals surface area contributed by atoms with Crippen LogP contribution >= 0.6 is 11.6 Å². The van der Waals surface area contributed by atoms with Crippen LogP contribution in [-0.4, -0.2) is 36.1 Å². The first kappa shape index (κ1) is 22.7. The van der Waals surface area contributed by atoms with Crippen molar-refractivity contribution in [3.8, 4) is 11.8 Å². The molecule has 0 spiro atoms. The minimum atomic E-state index is 0.468. The molecule has 2 aliphatic rings. The van der Waals surface area contributed by atoms with Crippen LogP contribution in [0.3, 0.4) is 0 Å². The average molecular weight is 500 g/mol. The molecule has 7 nitrogen and oxygen atoms in total. The second-order valence-corrected chi connectivity index (χ2v) is 9.69. The van der Waals surface area contributed by atoms with Crippen LogP contribution in [0.2, 0.25) is 5.02 Å². The first-order valence-electron chi connectivity index (χ1n) is 12.7. The quantitative estimate of drug-likeness (QED) is 0.392. The van der Waals surface area contributed by atoms with Crippen molar-refractivity contribution in [3.05, 3.63) is 84.4 Å². The lowest BCUT2D eigenvalue weighted by Crippen LogP contribution is -2.38. The van der Waals surface area contributed by atoms with Gasteiger partial charge in [-0.2, -0.15) is 4.57 Å². The lowest BCUT2D eigenvalue weighted by molar-refractivity contribution is -0.614. The first-order valence-corrected chi connectivity index (χ1v) is 13.1. The highest BCUT2D eigenvalue weighted by Gasteiger charge is 2.28. The van der Waals surface area contributed by atoms with E-state index in [2.05, 4.69) is 39.4 Å². The molecule has 0 bridgehead atoms. The van der Waals surface area contributed by atoms with Gasteiger partial charge in [-0.15, -0.1) is 0 Å². The third-order valence-corrected chi connectivity index (χ3v) is 7.25. The number of nitrogens with one attached hydrogen (secondary N) is 1. The fraction of sp³-hybridized carbons (Fsp3) is 0.286. The Labute approximate surface area is 216 Å². The third kappa shape index (κ3) is 4.71. The lowest BCUT2D eigenvalue weighted by Gasteiger charge is -2.17. The summed E-state index contributed by atoms with van der Waals surface area (Å²) in [5, 5.41) is 3.85. The van der Waals surface area contributed by atoms with E-state index in [1.807, 2.05) is 64.3 Å². The van der Waals surface area contributed by atoms with Crippen LogP contribution in [0.4, 0.5) is 22.9 Å². The molecule has 5 heterocycles. The number of para-hydroxylation sites is 1. The molecule has 0 amide bonds. The van der Waals surface area contributed by atoms with E-state index in [-0.39, 0.29) is 0 Å². The van der Waals surface area contributed by atoms with Crippen LogP contribution in [0.25, 0.3) is 11.8 Å². The Bertz CT molecular complexity index is 1310. The molecule has 2 saturated heterocycles. The molecule has 0 radical (unpaired) electrons. The van der Waals surface area contributed by atoms with E-state index in [1.165, 1.54) is 37.1 Å². The molecule has 1 aromatic carbocycles. The van der Waals surface area contributed by atoms with Crippen molar-refractivity contribution >= 4 is 34.5 Å². The molecular formula is C28H30ClN7+2. The standard InChI is InChI=1S/C28H30ClN7/c29-25-26(30-22-8-2-1-3-9-22)31-28(36-20-12-24(13-21-36)34-16-6-7-17-34)32-27(25)35-18-10-23(11-19-35)33-14-4-5-15-33/h1-3,8-13,18-21H,4-7,14-17H2,(H,30,31,32)/q+2. The highest BCUT2D eigenvalue weighted by atomic mass is 35.5. The predicted octanol–water partition coefficient (Wildman–Crippen LogP) is 4.63. The van der Waals surface area contributed by atoms with Gasteiger partial charge in [0.05, 0.1) is 24.8 Å². The summed E-state index contributed by atoms with van der Waals surface area (Å²) in [6.07, 6.45) is 13.1. The molecule has 8 heteroatoms. The van der Waals surface area contributed by atoms with Gasteiger partial charge in [-0.05, 0) is 54.9 Å². The van der Waals surface area contributed by atoms with Gasteiger partial charge in [-0.25, -0.2) is 4.57 Å². The highest BCUT2D eigenvalue weighted by molar-refractivity contribution is 6.34. The van der Waals surface area contributed by atoms with Gasteiger partial charge < -0.3 is 15.1 Å². The summed E-state index contributed by atoms with van der Waals surface area (Å²) < 4.78 is 3.90. The van der Waals surface area contributed by atoms with Crippen molar-refractivity contribution in [1.29, 1.82) is 0 Å². The Kier molecular flexibility index (Phi) is 6.38. The molecule has 6 rings (SSSR count). The van der Waals surface area contributed by atoms with Gasteiger partial charge in [0.25, 0.3) is 0 Å². The molecule has 4 aromatic rings. The number of anilines is 4. The summed E-state index contributed by atoms with van der Waals surface area (Å²) in [4.78, 5) is 14.5. The minimum absolute atomic E-state index is 0.468. The van der Waals surface area contributed by atoms with Crippen LogP contribution in [-0.2, 0) is 0 Å². The van der Waals surface area contributed by atoms with Gasteiger partial charge in [-0.3, -0.25) is 0 Å². The maximum atomic E-state index is 6.90. The Morgan fingerprint density at radius 1 is 0.667 bits per heavy atom. The van der Waals surface area contributed by atoms with E-state index in [0.717, 1.165) is 31.9 Å². The van der Waals surface area contributed by atoms with Gasteiger partial charge in [0, 0.05) is 60.4 Å². The number of aromatic nitrogens is 4. The number of hydrogen-bond donors (Lipinski definition) is 1. The van der Waals surface area contributed by atoms with E-state index in [0.29, 0.717) is 22.6 Å². The topological polar surface area (TPSA) is 52.1 Å². The largest absolute Gasteiger partial charge is 0.479 e. The minimum Gasteiger partial charge on any atom is -0.371 e. The van der Waals surface area contributed by atoms with E-state index < -0.39 is 0 Å². The monoisotopic (exact) mass is 499 g/mol. The van der Waals surface area contributed by atoms with Crippen LogP contribution in [0, 0.1) is 0 Å². The second kappa shape index (κ2) is 10.1. The summed E-state index contributed by atoms with van der Waals surface area (Å²) >= 11 is 6.90. The van der Waals surface area contributed by atoms with Gasteiger partial charge in [-0.1, -0.05) is 29.8 Å². The molecule has 0 aliphatic carbocycles. The van der Waals surface area contributed by atoms with Crippen molar-refractivity contribution < 1.29 is 9.13 Å². The van der Waals surface area contributed by atoms with Crippen LogP contribution in [0.15, 0.2) is 79.4 Å². The van der Waals surface area contributed by atoms with Gasteiger partial charge >= 0.3 is 11.8 Å². The number of nitrogens with zero attached hydrogens (tertiary/aromatic N) is 6. The second-order valence-electron chi connectivity index (χ2n) is 9.32. The highest BCUT2D eigenvalue weighted by Crippen LogP contribution is 2.27. The summed E-state index contributed by atoms with van der Waals surface area (Å²) in [6.45, 7) is 4.44. The van der Waals surface area contributed by atoms with Crippen molar-refractivity contribution in [2.45, 2.75) is 25.7 Å². The smallest absolute Gasteiger partial charge is 0.371 e. The van der Waals surface area contributed by atoms with Crippen molar-refractivity contribution in [2.24, 2.45) is 0 Å². The molecule has 36 heavy (non-hydrogen) atoms. The Morgan fingerprint density at radius 3 is 1.75 bits per heavy atom. The molecule has 182 valence electrons. The molecule has 0 saturated carbocycles. The Morgan fingerprint density at radius 2 is 1.19 bits per heavy atom. The maximum Gasteiger partial charge on any atom is 0.479 e. The molecule has 2 aliphatic heterocycles. The molecular weight excluding hydrogens is 470 g/mol. The van der Waals surface area contributed by atoms with Gasteiger partial charge in [0.15, 0.2) is 5.02 Å². The van der Waals surface area contributed by atoms with E-state index in [1.54, 1.807) is 0 Å². The number of rotatable bonds is 6. The summed E-state index contributed by atoms with van der Waals surface area (Å²) in [6, 6.07) is 18.5. The fourth-order valence-electron chi connectivity index (χ4n) is 4.94. The van der Waals surface area contributed by atoms with Crippen molar-refractivity contribution in [2.75, 3.05) is 41.3 Å². The Balaban J connectivity index is 1.38. The first-order chi connectivity index (χ1) is 17.7. The number of benzene rings is 1. The van der Waals surface area contributed by atoms with Crippen molar-refractivity contribution in [3.63, 3.8) is 0 Å². The zero-order chi connectivity index (χ0) is 24.3. The molecule has 0 atom stereocenters. The molecule has 1 N–H and O–H groups in total. The summed E-state index contributed by atoms with van der Waals surface area (Å²) in [7, 11) is 0. The number of hydrogen-bond acceptors (Lipinski definition) is 5. The maximum absolute atomic E-state index is 6.90. The fourth-order valence-corrected chi connectivity index (χ4v) is 5.16. The van der Waals surface area contributed by atoms with E-state index in [9.17, 15) is 0 Å².